The summed E-state index contributed by atoms with van der Waals surface area (Å²) in [4.78, 5) is 5.16. The van der Waals surface area contributed by atoms with E-state index in [9.17, 15) is 0 Å². The Labute approximate surface area is 113 Å². The van der Waals surface area contributed by atoms with Crippen LogP contribution in [-0.4, -0.2) is 0 Å². The van der Waals surface area contributed by atoms with Crippen LogP contribution in [0.2, 0.25) is 0 Å². The minimum Gasteiger partial charge on any atom is -0.355 e. The van der Waals surface area contributed by atoms with E-state index in [1.807, 2.05) is 12.1 Å². The third kappa shape index (κ3) is 2.48. The second-order valence-corrected chi connectivity index (χ2v) is 5.10. The Morgan fingerprint density at radius 2 is 1.68 bits per heavy atom. The highest BCUT2D eigenvalue weighted by Gasteiger charge is 2.27. The van der Waals surface area contributed by atoms with Gasteiger partial charge in [0.2, 0.25) is 0 Å². The number of nitrogens with one attached hydrogen (secondary N) is 2. The molecular weight excluding hydrogens is 236 g/mol. The summed E-state index contributed by atoms with van der Waals surface area (Å²) in [7, 11) is 0. The molecule has 1 heterocycles. The summed E-state index contributed by atoms with van der Waals surface area (Å²) in [5, 5.41) is 3.54. The summed E-state index contributed by atoms with van der Waals surface area (Å²) in [6.45, 7) is 6.40. The van der Waals surface area contributed by atoms with E-state index >= 15 is 0 Å². The van der Waals surface area contributed by atoms with Gasteiger partial charge in [-0.05, 0) is 38.0 Å². The van der Waals surface area contributed by atoms with Crippen molar-refractivity contribution in [2.24, 2.45) is 0 Å². The van der Waals surface area contributed by atoms with Gasteiger partial charge in [-0.25, -0.2) is 0 Å². The summed E-state index contributed by atoms with van der Waals surface area (Å²) in [6.07, 6.45) is 0.0229. The summed E-state index contributed by atoms with van der Waals surface area (Å²) in [5.41, 5.74) is 10.1. The predicted octanol–water partition coefficient (Wildman–Crippen LogP) is 3.89. The fourth-order valence-electron chi connectivity index (χ4n) is 2.51. The number of para-hydroxylation sites is 1. The lowest BCUT2D eigenvalue weighted by Crippen LogP contribution is -2.00. The third-order valence-corrected chi connectivity index (χ3v) is 3.42. The van der Waals surface area contributed by atoms with Crippen LogP contribution in [0.15, 0.2) is 36.4 Å². The molecule has 1 unspecified atom stereocenters. The fraction of sp³-hybridized carbons (Fsp3) is 0.250. The van der Waals surface area contributed by atoms with E-state index in [-0.39, 0.29) is 6.23 Å². The number of hydroxylamine groups is 1. The van der Waals surface area contributed by atoms with Gasteiger partial charge in [0.15, 0.2) is 6.23 Å². The SMILES string of the molecule is Cc1cc(C)c(Nc2ccccc2C2NO2)c(C)c1. The molecule has 1 atom stereocenters. The van der Waals surface area contributed by atoms with Crippen LogP contribution in [0.5, 0.6) is 0 Å². The van der Waals surface area contributed by atoms with Gasteiger partial charge in [0.05, 0.1) is 0 Å². The van der Waals surface area contributed by atoms with Crippen LogP contribution in [0.4, 0.5) is 11.4 Å². The standard InChI is InChI=1S/C16H18N2O/c1-10-8-11(2)15(12(3)9-10)17-14-7-5-4-6-13(14)16-18-19-16/h4-9,16-18H,1-3H3. The maximum atomic E-state index is 5.16. The highest BCUT2D eigenvalue weighted by molar-refractivity contribution is 5.69. The molecule has 1 aliphatic heterocycles. The third-order valence-electron chi connectivity index (χ3n) is 3.42. The van der Waals surface area contributed by atoms with Gasteiger partial charge in [0.1, 0.15) is 0 Å². The van der Waals surface area contributed by atoms with E-state index in [0.29, 0.717) is 0 Å². The number of hydrogen-bond acceptors (Lipinski definition) is 3. The van der Waals surface area contributed by atoms with Crippen LogP contribution in [0, 0.1) is 20.8 Å². The molecule has 2 aromatic carbocycles. The molecule has 3 nitrogen and oxygen atoms in total. The monoisotopic (exact) mass is 254 g/mol. The van der Waals surface area contributed by atoms with Gasteiger partial charge in [-0.1, -0.05) is 35.9 Å². The number of benzene rings is 2. The molecule has 2 aromatic rings. The largest absolute Gasteiger partial charge is 0.355 e. The van der Waals surface area contributed by atoms with E-state index in [0.717, 1.165) is 11.3 Å². The molecular formula is C16H18N2O. The number of rotatable bonds is 3. The second kappa shape index (κ2) is 4.68. The van der Waals surface area contributed by atoms with Crippen molar-refractivity contribution in [1.82, 2.24) is 5.48 Å². The molecule has 0 aromatic heterocycles. The summed E-state index contributed by atoms with van der Waals surface area (Å²) in [6, 6.07) is 12.6. The first-order valence-electron chi connectivity index (χ1n) is 6.50. The molecule has 98 valence electrons. The molecule has 1 aliphatic rings. The summed E-state index contributed by atoms with van der Waals surface area (Å²) < 4.78 is 0. The second-order valence-electron chi connectivity index (χ2n) is 5.10. The number of aryl methyl sites for hydroxylation is 3. The van der Waals surface area contributed by atoms with Crippen molar-refractivity contribution in [2.45, 2.75) is 27.0 Å². The normalized spacial score (nSPS) is 17.3. The maximum Gasteiger partial charge on any atom is 0.178 e. The average Bonchev–Trinajstić information content (AvgIpc) is 3.18. The maximum absolute atomic E-state index is 5.16. The van der Waals surface area contributed by atoms with E-state index in [1.165, 1.54) is 22.4 Å². The zero-order valence-corrected chi connectivity index (χ0v) is 11.4. The molecule has 0 spiro atoms. The topological polar surface area (TPSA) is 46.5 Å². The van der Waals surface area contributed by atoms with Crippen molar-refractivity contribution in [3.63, 3.8) is 0 Å². The molecule has 0 bridgehead atoms. The molecule has 0 amide bonds. The van der Waals surface area contributed by atoms with Crippen LogP contribution in [0.25, 0.3) is 0 Å². The van der Waals surface area contributed by atoms with Crippen molar-refractivity contribution < 1.29 is 4.84 Å². The van der Waals surface area contributed by atoms with Gasteiger partial charge in [0, 0.05) is 16.9 Å². The van der Waals surface area contributed by atoms with E-state index < -0.39 is 0 Å². The Hall–Kier alpha value is -1.84. The fourth-order valence-corrected chi connectivity index (χ4v) is 2.51. The smallest absolute Gasteiger partial charge is 0.178 e. The van der Waals surface area contributed by atoms with Crippen LogP contribution in [0.1, 0.15) is 28.5 Å². The lowest BCUT2D eigenvalue weighted by Gasteiger charge is -2.15. The van der Waals surface area contributed by atoms with Crippen LogP contribution in [0.3, 0.4) is 0 Å². The van der Waals surface area contributed by atoms with Crippen molar-refractivity contribution in [2.75, 3.05) is 5.32 Å². The Morgan fingerprint density at radius 3 is 2.32 bits per heavy atom. The van der Waals surface area contributed by atoms with Gasteiger partial charge in [0.25, 0.3) is 0 Å². The predicted molar refractivity (Wildman–Crippen MR) is 77.3 cm³/mol. The minimum atomic E-state index is 0.0229. The van der Waals surface area contributed by atoms with Gasteiger partial charge in [-0.2, -0.15) is 5.48 Å². The zero-order chi connectivity index (χ0) is 13.4. The Morgan fingerprint density at radius 1 is 1.05 bits per heavy atom. The first-order chi connectivity index (χ1) is 9.15. The lowest BCUT2D eigenvalue weighted by atomic mass is 10.0. The number of hydrogen-bond donors (Lipinski definition) is 2. The van der Waals surface area contributed by atoms with Crippen molar-refractivity contribution in [3.8, 4) is 0 Å². The van der Waals surface area contributed by atoms with Crippen LogP contribution < -0.4 is 10.8 Å². The zero-order valence-electron chi connectivity index (χ0n) is 11.4. The molecule has 0 saturated carbocycles. The molecule has 0 aliphatic carbocycles. The van der Waals surface area contributed by atoms with E-state index in [1.54, 1.807) is 0 Å². The van der Waals surface area contributed by atoms with Gasteiger partial charge < -0.3 is 5.32 Å². The molecule has 0 radical (unpaired) electrons. The van der Waals surface area contributed by atoms with Gasteiger partial charge >= 0.3 is 0 Å². The number of anilines is 2. The Kier molecular flexibility index (Phi) is 3.01. The van der Waals surface area contributed by atoms with Crippen molar-refractivity contribution in [3.05, 3.63) is 58.7 Å². The minimum absolute atomic E-state index is 0.0229. The lowest BCUT2D eigenvalue weighted by molar-refractivity contribution is 0.375. The summed E-state index contributed by atoms with van der Waals surface area (Å²) >= 11 is 0. The Bertz CT molecular complexity index is 595. The molecule has 1 fully saturated rings. The molecule has 1 saturated heterocycles. The molecule has 3 rings (SSSR count). The van der Waals surface area contributed by atoms with Crippen LogP contribution >= 0.6 is 0 Å². The van der Waals surface area contributed by atoms with Crippen molar-refractivity contribution in [1.29, 1.82) is 0 Å². The molecule has 19 heavy (non-hydrogen) atoms. The highest BCUT2D eigenvalue weighted by atomic mass is 16.8. The van der Waals surface area contributed by atoms with Crippen molar-refractivity contribution >= 4 is 11.4 Å². The van der Waals surface area contributed by atoms with E-state index in [4.69, 9.17) is 4.84 Å². The quantitative estimate of drug-likeness (QED) is 0.817. The first kappa shape index (κ1) is 12.2. The average molecular weight is 254 g/mol. The Balaban J connectivity index is 1.98. The molecule has 2 N–H and O–H groups in total. The van der Waals surface area contributed by atoms with Crippen LogP contribution in [-0.2, 0) is 4.84 Å². The van der Waals surface area contributed by atoms with Gasteiger partial charge in [-0.15, -0.1) is 0 Å². The first-order valence-corrected chi connectivity index (χ1v) is 6.50. The summed E-state index contributed by atoms with van der Waals surface area (Å²) in [5.74, 6) is 0. The molecule has 3 heteroatoms. The van der Waals surface area contributed by atoms with Gasteiger partial charge in [-0.3, -0.25) is 4.84 Å². The highest BCUT2D eigenvalue weighted by Crippen LogP contribution is 2.33. The van der Waals surface area contributed by atoms with E-state index in [2.05, 4.69) is 55.8 Å².